The second-order valence-corrected chi connectivity index (χ2v) is 8.38. The van der Waals surface area contributed by atoms with Crippen LogP contribution in [-0.2, 0) is 20.7 Å². The predicted molar refractivity (Wildman–Crippen MR) is 121 cm³/mol. The molecule has 1 saturated heterocycles. The number of esters is 1. The number of nitrogens with one attached hydrogen (secondary N) is 1. The number of amides is 1. The molecule has 0 aromatic carbocycles. The van der Waals surface area contributed by atoms with Crippen molar-refractivity contribution in [3.8, 4) is 11.5 Å². The number of rotatable bonds is 6. The van der Waals surface area contributed by atoms with Crippen molar-refractivity contribution < 1.29 is 33.3 Å². The second-order valence-electron chi connectivity index (χ2n) is 8.38. The van der Waals surface area contributed by atoms with Crippen LogP contribution in [0.5, 0.6) is 11.5 Å². The fourth-order valence-corrected chi connectivity index (χ4v) is 4.14. The smallest absolute Gasteiger partial charge is 0.347 e. The van der Waals surface area contributed by atoms with Gasteiger partial charge < -0.3 is 24.6 Å². The molecule has 1 amide bonds. The van der Waals surface area contributed by atoms with Crippen molar-refractivity contribution in [1.82, 2.24) is 14.9 Å². The number of allylic oxidation sites excluding steroid dienone is 4. The quantitative estimate of drug-likeness (QED) is 0.597. The summed E-state index contributed by atoms with van der Waals surface area (Å²) in [5.41, 5.74) is -0.865. The van der Waals surface area contributed by atoms with Gasteiger partial charge in [0.15, 0.2) is 17.1 Å². The maximum Gasteiger partial charge on any atom is 0.347 e. The molecule has 0 radical (unpaired) electrons. The topological polar surface area (TPSA) is 129 Å². The van der Waals surface area contributed by atoms with Crippen molar-refractivity contribution in [2.75, 3.05) is 19.8 Å². The Morgan fingerprint density at radius 2 is 2.17 bits per heavy atom. The number of ether oxygens (including phenoxy) is 3. The van der Waals surface area contributed by atoms with Crippen LogP contribution in [0.3, 0.4) is 0 Å². The minimum Gasteiger partial charge on any atom is -0.505 e. The molecule has 2 N–H and O–H groups in total. The highest BCUT2D eigenvalue weighted by Gasteiger charge is 2.32. The molecule has 2 aliphatic heterocycles. The summed E-state index contributed by atoms with van der Waals surface area (Å²) in [6, 6.07) is -0.189. The van der Waals surface area contributed by atoms with Gasteiger partial charge in [0.05, 0.1) is 32.1 Å². The molecule has 35 heavy (non-hydrogen) atoms. The van der Waals surface area contributed by atoms with Gasteiger partial charge in [0, 0.05) is 11.8 Å². The lowest BCUT2D eigenvalue weighted by atomic mass is 9.92. The molecule has 2 aromatic rings. The number of hydrogen-bond donors (Lipinski definition) is 2. The van der Waals surface area contributed by atoms with E-state index in [0.29, 0.717) is 31.6 Å². The largest absolute Gasteiger partial charge is 0.505 e. The molecule has 4 heterocycles. The van der Waals surface area contributed by atoms with Crippen LogP contribution in [0.2, 0.25) is 0 Å². The standard InChI is InChI=1S/C24H22FN3O7/c1-2-34-24(32)17-20(29)18-19-21(13(8-26-18)7-12-3-5-14(25)6-4-12)35-16(9-28(19)23(17)31)22(30)27-15-10-33-11-15/h3,5-6,8-9,12,15,29H,2,4,7,10-11H2,1H3,(H,27,30). The summed E-state index contributed by atoms with van der Waals surface area (Å²) in [6.07, 6.45) is 8.01. The van der Waals surface area contributed by atoms with Gasteiger partial charge in [-0.1, -0.05) is 6.08 Å². The van der Waals surface area contributed by atoms with Crippen molar-refractivity contribution >= 4 is 29.1 Å². The van der Waals surface area contributed by atoms with Crippen LogP contribution in [0.15, 0.2) is 40.8 Å². The summed E-state index contributed by atoms with van der Waals surface area (Å²) in [6.45, 7) is 2.29. The van der Waals surface area contributed by atoms with E-state index in [1.165, 1.54) is 24.5 Å². The van der Waals surface area contributed by atoms with Crippen LogP contribution >= 0.6 is 0 Å². The molecule has 1 atom stereocenters. The number of carbonyl (C=O) groups is 2. The van der Waals surface area contributed by atoms with Crippen LogP contribution in [0, 0.1) is 5.92 Å². The highest BCUT2D eigenvalue weighted by Crippen LogP contribution is 2.39. The first-order chi connectivity index (χ1) is 16.9. The summed E-state index contributed by atoms with van der Waals surface area (Å²) in [5, 5.41) is 13.5. The molecule has 182 valence electrons. The van der Waals surface area contributed by atoms with E-state index in [1.54, 1.807) is 13.0 Å². The second kappa shape index (κ2) is 8.99. The number of nitrogens with zero attached hydrogens (tertiary/aromatic N) is 2. The molecule has 0 spiro atoms. The van der Waals surface area contributed by atoms with Crippen LogP contribution in [-0.4, -0.2) is 52.4 Å². The number of halogens is 1. The molecule has 0 saturated carbocycles. The summed E-state index contributed by atoms with van der Waals surface area (Å²) in [7, 11) is 0. The Labute approximate surface area is 198 Å². The van der Waals surface area contributed by atoms with Crippen LogP contribution in [0.4, 0.5) is 4.39 Å². The summed E-state index contributed by atoms with van der Waals surface area (Å²) >= 11 is 0. The average Bonchev–Trinajstić information content (AvgIpc) is 2.81. The Hall–Kier alpha value is -3.99. The van der Waals surface area contributed by atoms with Gasteiger partial charge in [-0.05, 0) is 37.8 Å². The number of pyridine rings is 2. The highest BCUT2D eigenvalue weighted by molar-refractivity contribution is 6.03. The molecule has 11 heteroatoms. The number of carbonyl (C=O) groups excluding carboxylic acids is 2. The third-order valence-electron chi connectivity index (χ3n) is 5.98. The predicted octanol–water partition coefficient (Wildman–Crippen LogP) is 1.96. The van der Waals surface area contributed by atoms with Crippen molar-refractivity contribution in [2.24, 2.45) is 5.92 Å². The molecule has 1 fully saturated rings. The minimum atomic E-state index is -1.01. The third-order valence-corrected chi connectivity index (χ3v) is 5.98. The van der Waals surface area contributed by atoms with Gasteiger partial charge in [-0.15, -0.1) is 0 Å². The van der Waals surface area contributed by atoms with Crippen LogP contribution < -0.4 is 15.6 Å². The van der Waals surface area contributed by atoms with E-state index in [-0.39, 0.29) is 46.9 Å². The Morgan fingerprint density at radius 3 is 2.83 bits per heavy atom. The van der Waals surface area contributed by atoms with Crippen molar-refractivity contribution in [3.63, 3.8) is 0 Å². The van der Waals surface area contributed by atoms with Gasteiger partial charge in [0.1, 0.15) is 16.9 Å². The van der Waals surface area contributed by atoms with Gasteiger partial charge >= 0.3 is 5.97 Å². The first kappa shape index (κ1) is 22.8. The molecular formula is C24H22FN3O7. The van der Waals surface area contributed by atoms with Crippen molar-refractivity contribution in [3.05, 3.63) is 57.5 Å². The Bertz CT molecular complexity index is 1390. The fourth-order valence-electron chi connectivity index (χ4n) is 4.14. The summed E-state index contributed by atoms with van der Waals surface area (Å²) < 4.78 is 30.5. The lowest BCUT2D eigenvalue weighted by molar-refractivity contribution is -0.123. The molecule has 3 aliphatic rings. The molecule has 1 unspecified atom stereocenters. The zero-order valence-electron chi connectivity index (χ0n) is 18.7. The van der Waals surface area contributed by atoms with Crippen LogP contribution in [0.25, 0.3) is 17.2 Å². The number of hydrogen-bond acceptors (Lipinski definition) is 8. The van der Waals surface area contributed by atoms with E-state index >= 15 is 0 Å². The fraction of sp³-hybridized carbons (Fsp3) is 0.333. The zero-order chi connectivity index (χ0) is 24.7. The molecule has 5 rings (SSSR count). The van der Waals surface area contributed by atoms with Gasteiger partial charge in [-0.25, -0.2) is 9.18 Å². The third kappa shape index (κ3) is 4.08. The van der Waals surface area contributed by atoms with Crippen molar-refractivity contribution in [2.45, 2.75) is 25.8 Å². The van der Waals surface area contributed by atoms with E-state index in [0.717, 1.165) is 4.57 Å². The van der Waals surface area contributed by atoms with E-state index in [9.17, 15) is 23.9 Å². The van der Waals surface area contributed by atoms with E-state index in [4.69, 9.17) is 14.2 Å². The first-order valence-corrected chi connectivity index (χ1v) is 11.2. The molecule has 2 aromatic heterocycles. The Morgan fingerprint density at radius 1 is 1.37 bits per heavy atom. The average molecular weight is 483 g/mol. The van der Waals surface area contributed by atoms with E-state index in [2.05, 4.69) is 10.3 Å². The molecule has 10 nitrogen and oxygen atoms in total. The van der Waals surface area contributed by atoms with Crippen LogP contribution in [0.1, 0.15) is 29.3 Å². The van der Waals surface area contributed by atoms with E-state index < -0.39 is 28.7 Å². The summed E-state index contributed by atoms with van der Waals surface area (Å²) in [4.78, 5) is 42.9. The number of aromatic hydroxyl groups is 1. The zero-order valence-corrected chi connectivity index (χ0v) is 18.7. The lowest BCUT2D eigenvalue weighted by Gasteiger charge is -2.28. The molecule has 0 bridgehead atoms. The van der Waals surface area contributed by atoms with Gasteiger partial charge in [0.2, 0.25) is 5.76 Å². The maximum atomic E-state index is 13.4. The maximum absolute atomic E-state index is 13.4. The normalized spacial score (nSPS) is 18.9. The minimum absolute atomic E-state index is 0.00657. The van der Waals surface area contributed by atoms with Gasteiger partial charge in [-0.3, -0.25) is 19.1 Å². The Kier molecular flexibility index (Phi) is 5.85. The first-order valence-electron chi connectivity index (χ1n) is 11.2. The molecule has 1 aliphatic carbocycles. The Balaban J connectivity index is 1.64. The van der Waals surface area contributed by atoms with E-state index in [1.807, 2.05) is 0 Å². The highest BCUT2D eigenvalue weighted by atomic mass is 19.1. The molecular weight excluding hydrogens is 461 g/mol. The lowest BCUT2D eigenvalue weighted by Crippen LogP contribution is -2.49. The monoisotopic (exact) mass is 483 g/mol. The number of aromatic nitrogens is 2. The van der Waals surface area contributed by atoms with Gasteiger partial charge in [0.25, 0.3) is 11.5 Å². The van der Waals surface area contributed by atoms with Crippen molar-refractivity contribution in [1.29, 1.82) is 0 Å². The van der Waals surface area contributed by atoms with Gasteiger partial charge in [-0.2, -0.15) is 0 Å². The summed E-state index contributed by atoms with van der Waals surface area (Å²) in [5.74, 6) is -2.62. The SMILES string of the molecule is CCOC(=O)c1c(O)c2ncc(CC3C=CC(F)=CC3)c3c2n(c1=O)C=C(C(=O)NC1COC1)O3.